The lowest BCUT2D eigenvalue weighted by atomic mass is 10.0. The first-order chi connectivity index (χ1) is 6.69. The molecule has 0 bridgehead atoms. The lowest BCUT2D eigenvalue weighted by molar-refractivity contribution is 0.288. The van der Waals surface area contributed by atoms with Crippen molar-refractivity contribution in [1.29, 1.82) is 0 Å². The van der Waals surface area contributed by atoms with Crippen molar-refractivity contribution in [2.75, 3.05) is 6.61 Å². The Bertz CT molecular complexity index is 312. The van der Waals surface area contributed by atoms with Crippen molar-refractivity contribution >= 4 is 15.9 Å². The second kappa shape index (κ2) is 5.49. The van der Waals surface area contributed by atoms with Crippen LogP contribution in [0.25, 0.3) is 0 Å². The van der Waals surface area contributed by atoms with Crippen LogP contribution in [-0.2, 0) is 13.0 Å². The summed E-state index contributed by atoms with van der Waals surface area (Å²) < 4.78 is 1.10. The quantitative estimate of drug-likeness (QED) is 0.869. The third kappa shape index (κ3) is 2.80. The number of rotatable bonds is 4. The Morgan fingerprint density at radius 2 is 2.14 bits per heavy atom. The van der Waals surface area contributed by atoms with Gasteiger partial charge in [-0.1, -0.05) is 22.0 Å². The van der Waals surface area contributed by atoms with E-state index in [1.165, 1.54) is 11.1 Å². The van der Waals surface area contributed by atoms with E-state index in [1.807, 2.05) is 0 Å². The predicted octanol–water partition coefficient (Wildman–Crippen LogP) is 2.14. The highest BCUT2D eigenvalue weighted by Gasteiger charge is 2.04. The van der Waals surface area contributed by atoms with Crippen molar-refractivity contribution in [1.82, 2.24) is 0 Å². The topological polar surface area (TPSA) is 46.2 Å². The molecule has 0 saturated carbocycles. The van der Waals surface area contributed by atoms with E-state index < -0.39 is 0 Å². The van der Waals surface area contributed by atoms with Crippen LogP contribution in [0.1, 0.15) is 23.1 Å². The molecule has 0 radical (unpaired) electrons. The van der Waals surface area contributed by atoms with Gasteiger partial charge in [-0.05, 0) is 42.5 Å². The lowest BCUT2D eigenvalue weighted by Crippen LogP contribution is -2.00. The Morgan fingerprint density at radius 1 is 1.43 bits per heavy atom. The minimum atomic E-state index is 0.240. The van der Waals surface area contributed by atoms with Crippen molar-refractivity contribution in [3.8, 4) is 0 Å². The van der Waals surface area contributed by atoms with Crippen LogP contribution in [0.2, 0.25) is 0 Å². The van der Waals surface area contributed by atoms with Gasteiger partial charge >= 0.3 is 0 Å². The first-order valence-electron chi connectivity index (χ1n) is 4.78. The highest BCUT2D eigenvalue weighted by molar-refractivity contribution is 9.10. The number of aliphatic hydroxyl groups is 1. The summed E-state index contributed by atoms with van der Waals surface area (Å²) in [6.45, 7) is 2.88. The minimum Gasteiger partial charge on any atom is -0.396 e. The molecule has 1 aromatic carbocycles. The molecule has 78 valence electrons. The van der Waals surface area contributed by atoms with Gasteiger partial charge in [0.15, 0.2) is 0 Å². The van der Waals surface area contributed by atoms with Gasteiger partial charge in [-0.15, -0.1) is 0 Å². The molecule has 0 saturated heterocycles. The third-order valence-corrected chi connectivity index (χ3v) is 3.18. The fourth-order valence-corrected chi connectivity index (χ4v) is 1.99. The molecule has 3 N–H and O–H groups in total. The Morgan fingerprint density at radius 3 is 2.71 bits per heavy atom. The molecule has 1 rings (SSSR count). The predicted molar refractivity (Wildman–Crippen MR) is 62.2 cm³/mol. The van der Waals surface area contributed by atoms with Crippen molar-refractivity contribution in [3.05, 3.63) is 33.3 Å². The fraction of sp³-hybridized carbons (Fsp3) is 0.455. The van der Waals surface area contributed by atoms with E-state index in [0.717, 1.165) is 22.9 Å². The molecule has 1 aromatic rings. The first-order valence-corrected chi connectivity index (χ1v) is 5.57. The van der Waals surface area contributed by atoms with Crippen molar-refractivity contribution in [2.24, 2.45) is 5.73 Å². The Balaban J connectivity index is 2.95. The zero-order valence-electron chi connectivity index (χ0n) is 8.39. The monoisotopic (exact) mass is 257 g/mol. The molecule has 0 aliphatic heterocycles. The average molecular weight is 258 g/mol. The smallest absolute Gasteiger partial charge is 0.0434 e. The van der Waals surface area contributed by atoms with Crippen LogP contribution in [0.15, 0.2) is 16.6 Å². The van der Waals surface area contributed by atoms with Crippen LogP contribution in [0.4, 0.5) is 0 Å². The van der Waals surface area contributed by atoms with Crippen LogP contribution >= 0.6 is 15.9 Å². The first kappa shape index (κ1) is 11.7. The summed E-state index contributed by atoms with van der Waals surface area (Å²) in [4.78, 5) is 0. The number of hydrogen-bond acceptors (Lipinski definition) is 2. The van der Waals surface area contributed by atoms with E-state index in [-0.39, 0.29) is 6.61 Å². The number of halogens is 1. The maximum Gasteiger partial charge on any atom is 0.0434 e. The Kier molecular flexibility index (Phi) is 4.58. The van der Waals surface area contributed by atoms with E-state index >= 15 is 0 Å². The molecule has 0 aliphatic rings. The normalized spacial score (nSPS) is 10.6. The molecule has 0 spiro atoms. The van der Waals surface area contributed by atoms with Crippen LogP contribution in [-0.4, -0.2) is 11.7 Å². The molecule has 0 atom stereocenters. The molecular weight excluding hydrogens is 242 g/mol. The van der Waals surface area contributed by atoms with Gasteiger partial charge < -0.3 is 10.8 Å². The number of aryl methyl sites for hydroxylation is 1. The fourth-order valence-electron chi connectivity index (χ4n) is 1.45. The van der Waals surface area contributed by atoms with E-state index in [1.54, 1.807) is 0 Å². The molecule has 14 heavy (non-hydrogen) atoms. The van der Waals surface area contributed by atoms with E-state index in [9.17, 15) is 0 Å². The van der Waals surface area contributed by atoms with Crippen LogP contribution in [0.5, 0.6) is 0 Å². The van der Waals surface area contributed by atoms with Crippen molar-refractivity contribution in [3.63, 3.8) is 0 Å². The van der Waals surface area contributed by atoms with Crippen LogP contribution in [0, 0.1) is 6.92 Å². The molecule has 0 amide bonds. The van der Waals surface area contributed by atoms with E-state index in [0.29, 0.717) is 6.54 Å². The lowest BCUT2D eigenvalue weighted by Gasteiger charge is -2.09. The molecule has 0 fully saturated rings. The molecular formula is C11H16BrNO. The van der Waals surface area contributed by atoms with Gasteiger partial charge in [-0.2, -0.15) is 0 Å². The maximum absolute atomic E-state index is 8.78. The molecule has 0 unspecified atom stereocenters. The molecule has 2 nitrogen and oxygen atoms in total. The van der Waals surface area contributed by atoms with Gasteiger partial charge in [0.2, 0.25) is 0 Å². The van der Waals surface area contributed by atoms with Crippen molar-refractivity contribution < 1.29 is 5.11 Å². The highest BCUT2D eigenvalue weighted by atomic mass is 79.9. The van der Waals surface area contributed by atoms with Gasteiger partial charge in [0.05, 0.1) is 0 Å². The summed E-state index contributed by atoms with van der Waals surface area (Å²) in [5.41, 5.74) is 9.25. The SMILES string of the molecule is Cc1c(Br)cc(CN)cc1CCCO. The van der Waals surface area contributed by atoms with Gasteiger partial charge in [0, 0.05) is 17.6 Å². The summed E-state index contributed by atoms with van der Waals surface area (Å²) in [6.07, 6.45) is 1.72. The molecule has 0 aliphatic carbocycles. The second-order valence-electron chi connectivity index (χ2n) is 3.39. The third-order valence-electron chi connectivity index (χ3n) is 2.35. The Labute approximate surface area is 93.3 Å². The van der Waals surface area contributed by atoms with Gasteiger partial charge in [-0.3, -0.25) is 0 Å². The minimum absolute atomic E-state index is 0.240. The number of benzene rings is 1. The average Bonchev–Trinajstić information content (AvgIpc) is 2.20. The number of nitrogens with two attached hydrogens (primary N) is 1. The Hall–Kier alpha value is -0.380. The van der Waals surface area contributed by atoms with E-state index in [2.05, 4.69) is 35.0 Å². The van der Waals surface area contributed by atoms with E-state index in [4.69, 9.17) is 10.8 Å². The highest BCUT2D eigenvalue weighted by Crippen LogP contribution is 2.23. The summed E-state index contributed by atoms with van der Waals surface area (Å²) in [6, 6.07) is 4.17. The summed E-state index contributed by atoms with van der Waals surface area (Å²) >= 11 is 3.51. The largest absolute Gasteiger partial charge is 0.396 e. The van der Waals surface area contributed by atoms with Gasteiger partial charge in [0.25, 0.3) is 0 Å². The second-order valence-corrected chi connectivity index (χ2v) is 4.25. The summed E-state index contributed by atoms with van der Waals surface area (Å²) in [7, 11) is 0. The molecule has 0 heterocycles. The summed E-state index contributed by atoms with van der Waals surface area (Å²) in [5, 5.41) is 8.78. The number of hydrogen-bond donors (Lipinski definition) is 2. The number of aliphatic hydroxyl groups excluding tert-OH is 1. The van der Waals surface area contributed by atoms with Crippen LogP contribution in [0.3, 0.4) is 0 Å². The van der Waals surface area contributed by atoms with Crippen LogP contribution < -0.4 is 5.73 Å². The maximum atomic E-state index is 8.78. The summed E-state index contributed by atoms with van der Waals surface area (Å²) in [5.74, 6) is 0. The molecule has 0 aromatic heterocycles. The molecule has 3 heteroatoms. The zero-order chi connectivity index (χ0) is 10.6. The van der Waals surface area contributed by atoms with Gasteiger partial charge in [-0.25, -0.2) is 0 Å². The standard InChI is InChI=1S/C11H16BrNO/c1-8-10(3-2-4-14)5-9(7-13)6-11(8)12/h5-6,14H,2-4,7,13H2,1H3. The van der Waals surface area contributed by atoms with Gasteiger partial charge in [0.1, 0.15) is 0 Å². The zero-order valence-corrected chi connectivity index (χ0v) is 9.97. The van der Waals surface area contributed by atoms with Crippen molar-refractivity contribution in [2.45, 2.75) is 26.3 Å².